The second-order valence-corrected chi connectivity index (χ2v) is 1.12. The van der Waals surface area contributed by atoms with Crippen LogP contribution in [0.2, 0.25) is 0 Å². The van der Waals surface area contributed by atoms with Gasteiger partial charge in [-0.2, -0.15) is 0 Å². The molecule has 0 bridgehead atoms. The van der Waals surface area contributed by atoms with Gasteiger partial charge in [0, 0.05) is 0 Å². The molecule has 0 aliphatic rings. The van der Waals surface area contributed by atoms with Crippen molar-refractivity contribution in [2.45, 2.75) is 0 Å². The third-order valence-corrected chi connectivity index (χ3v) is 0. The predicted octanol–water partition coefficient (Wildman–Crippen LogP) is -2.02. The van der Waals surface area contributed by atoms with Crippen LogP contribution in [0.3, 0.4) is 0 Å². The van der Waals surface area contributed by atoms with E-state index < -0.39 is 25.4 Å². The summed E-state index contributed by atoms with van der Waals surface area (Å²) >= 11 is 0. The number of hydrogen-bond donors (Lipinski definition) is 0. The maximum atomic E-state index is 8.25. The molecule has 0 aliphatic heterocycles. The molecule has 0 saturated heterocycles. The fourth-order valence-corrected chi connectivity index (χ4v) is 0. The van der Waals surface area contributed by atoms with Gasteiger partial charge in [0.1, 0.15) is 0 Å². The smallest absolute Gasteiger partial charge is 0.412 e. The zero-order valence-electron chi connectivity index (χ0n) is 9.31. The first-order valence-electron chi connectivity index (χ1n) is 2.74. The molecule has 0 saturated carbocycles. The summed E-state index contributed by atoms with van der Waals surface area (Å²) in [5, 5.41) is 73.8. The molecule has 0 rings (SSSR count). The Balaban J connectivity index is -0.0000000250. The summed E-state index contributed by atoms with van der Waals surface area (Å²) in [6.45, 7) is 0. The Morgan fingerprint density at radius 3 is 0.364 bits per heavy atom. The Labute approximate surface area is 131 Å². The maximum Gasteiger partial charge on any atom is 5.00 e. The van der Waals surface area contributed by atoms with Gasteiger partial charge in [0.25, 0.3) is 0 Å². The molecular formula is H2N5NbO16. The molecule has 0 aliphatic carbocycles. The largest absolute Gasteiger partial charge is 5.00 e. The first kappa shape index (κ1) is 42.8. The first-order chi connectivity index (χ1) is 8.66. The second-order valence-electron chi connectivity index (χ2n) is 1.12. The molecular weight excluding hydrogens is 419 g/mol. The molecule has 0 atom stereocenters. The van der Waals surface area contributed by atoms with Crippen LogP contribution in [0.5, 0.6) is 0 Å². The molecule has 0 radical (unpaired) electrons. The molecule has 0 fully saturated rings. The fraction of sp³-hybridized carbons (Fsp3) is 0. The van der Waals surface area contributed by atoms with Crippen LogP contribution in [0, 0.1) is 76.6 Å². The minimum Gasteiger partial charge on any atom is -0.412 e. The molecule has 0 aromatic rings. The van der Waals surface area contributed by atoms with Gasteiger partial charge in [0.2, 0.25) is 0 Å². The summed E-state index contributed by atoms with van der Waals surface area (Å²) in [4.78, 5) is 41.2. The summed E-state index contributed by atoms with van der Waals surface area (Å²) in [7, 11) is 0. The van der Waals surface area contributed by atoms with Crippen molar-refractivity contribution in [2.75, 3.05) is 0 Å². The van der Waals surface area contributed by atoms with Crippen LogP contribution in [0.15, 0.2) is 0 Å². The van der Waals surface area contributed by atoms with Crippen molar-refractivity contribution in [3.63, 3.8) is 0 Å². The van der Waals surface area contributed by atoms with E-state index in [4.69, 9.17) is 76.6 Å². The van der Waals surface area contributed by atoms with E-state index >= 15 is 0 Å². The van der Waals surface area contributed by atoms with Crippen molar-refractivity contribution in [2.24, 2.45) is 0 Å². The van der Waals surface area contributed by atoms with E-state index in [1.54, 1.807) is 0 Å². The Bertz CT molecular complexity index is 207. The van der Waals surface area contributed by atoms with Gasteiger partial charge < -0.3 is 82.1 Å². The van der Waals surface area contributed by atoms with E-state index in [2.05, 4.69) is 0 Å². The zero-order valence-corrected chi connectivity index (χ0v) is 11.5. The summed E-state index contributed by atoms with van der Waals surface area (Å²) < 4.78 is 0. The van der Waals surface area contributed by atoms with Crippen LogP contribution in [0.25, 0.3) is 0 Å². The van der Waals surface area contributed by atoms with Crippen molar-refractivity contribution in [3.8, 4) is 0 Å². The van der Waals surface area contributed by atoms with Crippen molar-refractivity contribution < 1.29 is 53.3 Å². The molecule has 0 aromatic carbocycles. The van der Waals surface area contributed by atoms with Gasteiger partial charge in [-0.3, -0.25) is 0 Å². The standard InChI is InChI=1S/5NO3.Nb.H2O/c5*2-1(3)4;;/h;;;;;;1H2/q5*-1;+5;. The first-order valence-corrected chi connectivity index (χ1v) is 2.74. The van der Waals surface area contributed by atoms with Crippen LogP contribution < -0.4 is 0 Å². The molecule has 22 heavy (non-hydrogen) atoms. The molecule has 0 amide bonds. The van der Waals surface area contributed by atoms with E-state index in [1.807, 2.05) is 0 Å². The summed E-state index contributed by atoms with van der Waals surface area (Å²) in [5.41, 5.74) is 0. The topological polar surface area (TPSA) is 362 Å². The molecule has 21 nitrogen and oxygen atoms in total. The normalized spacial score (nSPS) is 5.45. The predicted molar refractivity (Wildman–Crippen MR) is 55.4 cm³/mol. The number of rotatable bonds is 0. The van der Waals surface area contributed by atoms with Crippen LogP contribution in [-0.2, 0) is 22.4 Å². The van der Waals surface area contributed by atoms with Crippen LogP contribution >= 0.6 is 0 Å². The van der Waals surface area contributed by atoms with Gasteiger partial charge in [-0.05, 0) is 0 Å². The van der Waals surface area contributed by atoms with E-state index in [9.17, 15) is 0 Å². The molecule has 0 unspecified atom stereocenters. The van der Waals surface area contributed by atoms with E-state index in [-0.39, 0.29) is 27.9 Å². The molecule has 128 valence electrons. The van der Waals surface area contributed by atoms with Gasteiger partial charge >= 0.3 is 22.4 Å². The number of nitrogens with zero attached hydrogens (tertiary/aromatic N) is 5. The Kier molecular flexibility index (Phi) is 70.2. The van der Waals surface area contributed by atoms with E-state index in [0.29, 0.717) is 0 Å². The minimum atomic E-state index is -1.75. The average molecular weight is 421 g/mol. The molecule has 22 heteroatoms. The summed E-state index contributed by atoms with van der Waals surface area (Å²) in [5.74, 6) is 0. The molecule has 0 aromatic heterocycles. The van der Waals surface area contributed by atoms with Crippen LogP contribution in [0.4, 0.5) is 0 Å². The monoisotopic (exact) mass is 421 g/mol. The molecule has 0 heterocycles. The zero-order chi connectivity index (χ0) is 17.9. The third-order valence-electron chi connectivity index (χ3n) is 0. The maximum absolute atomic E-state index is 8.25. The van der Waals surface area contributed by atoms with Gasteiger partial charge in [-0.25, -0.2) is 0 Å². The van der Waals surface area contributed by atoms with E-state index in [0.717, 1.165) is 0 Å². The van der Waals surface area contributed by atoms with E-state index in [1.165, 1.54) is 0 Å². The Hall–Kier alpha value is -3.30. The summed E-state index contributed by atoms with van der Waals surface area (Å²) in [6, 6.07) is 0. The quantitative estimate of drug-likeness (QED) is 0.231. The third kappa shape index (κ3) is 378. The van der Waals surface area contributed by atoms with Crippen molar-refractivity contribution in [1.82, 2.24) is 0 Å². The van der Waals surface area contributed by atoms with Gasteiger partial charge in [-0.15, -0.1) is 0 Å². The van der Waals surface area contributed by atoms with Crippen LogP contribution in [0.1, 0.15) is 0 Å². The van der Waals surface area contributed by atoms with Crippen molar-refractivity contribution in [1.29, 1.82) is 0 Å². The minimum absolute atomic E-state index is 0. The van der Waals surface area contributed by atoms with Gasteiger partial charge in [0.15, 0.2) is 0 Å². The van der Waals surface area contributed by atoms with Gasteiger partial charge in [0.05, 0.1) is 25.4 Å². The Morgan fingerprint density at radius 1 is 0.364 bits per heavy atom. The average Bonchev–Trinajstić information content (AvgIpc) is 1.94. The van der Waals surface area contributed by atoms with Crippen molar-refractivity contribution in [3.05, 3.63) is 76.6 Å². The summed E-state index contributed by atoms with van der Waals surface area (Å²) in [6.07, 6.45) is 0. The molecule has 2 N–H and O–H groups in total. The van der Waals surface area contributed by atoms with Gasteiger partial charge in [-0.1, -0.05) is 0 Å². The SMILES string of the molecule is O.O=[N+]([O-])[O-].O=[N+]([O-])[O-].O=[N+]([O-])[O-].O=[N+]([O-])[O-].O=[N+]([O-])[O-].[Nb+5]. The van der Waals surface area contributed by atoms with Crippen LogP contribution in [-0.4, -0.2) is 30.9 Å². The van der Waals surface area contributed by atoms with Crippen molar-refractivity contribution >= 4 is 0 Å². The number of hydrogen-bond acceptors (Lipinski definition) is 15. The Morgan fingerprint density at radius 2 is 0.364 bits per heavy atom. The second kappa shape index (κ2) is 36.1. The fourth-order valence-electron chi connectivity index (χ4n) is 0. The molecule has 0 spiro atoms.